The Labute approximate surface area is 192 Å². The van der Waals surface area contributed by atoms with Crippen LogP contribution in [0.5, 0.6) is 0 Å². The Kier molecular flexibility index (Phi) is 6.77. The van der Waals surface area contributed by atoms with Crippen molar-refractivity contribution in [2.75, 3.05) is 5.32 Å². The van der Waals surface area contributed by atoms with Crippen LogP contribution < -0.4 is 21.9 Å². The molecule has 4 N–H and O–H groups in total. The highest BCUT2D eigenvalue weighted by Gasteiger charge is 2.25. The highest BCUT2D eigenvalue weighted by molar-refractivity contribution is 5.97. The summed E-state index contributed by atoms with van der Waals surface area (Å²) in [5, 5.41) is 6.07. The Morgan fingerprint density at radius 1 is 0.939 bits per heavy atom. The molecule has 172 valence electrons. The third kappa shape index (κ3) is 5.61. The van der Waals surface area contributed by atoms with Gasteiger partial charge in [0.05, 0.1) is 0 Å². The van der Waals surface area contributed by atoms with Crippen LogP contribution in [0.25, 0.3) is 0 Å². The second-order valence-electron chi connectivity index (χ2n) is 8.94. The molecule has 0 aliphatic heterocycles. The second-order valence-corrected chi connectivity index (χ2v) is 8.94. The Morgan fingerprint density at radius 3 is 2.27 bits per heavy atom. The zero-order valence-corrected chi connectivity index (χ0v) is 19.0. The third-order valence-corrected chi connectivity index (χ3v) is 6.25. The summed E-state index contributed by atoms with van der Waals surface area (Å²) in [6, 6.07) is 16.5. The van der Waals surface area contributed by atoms with Gasteiger partial charge < -0.3 is 15.6 Å². The molecule has 1 aliphatic rings. The number of amides is 1. The molecule has 1 aromatic heterocycles. The number of rotatable bonds is 6. The molecule has 3 aromatic rings. The molecule has 0 radical (unpaired) electrons. The van der Waals surface area contributed by atoms with E-state index in [1.807, 2.05) is 32.0 Å². The van der Waals surface area contributed by atoms with Crippen molar-refractivity contribution in [1.82, 2.24) is 15.3 Å². The van der Waals surface area contributed by atoms with Crippen molar-refractivity contribution in [1.29, 1.82) is 0 Å². The van der Waals surface area contributed by atoms with Gasteiger partial charge in [0.15, 0.2) is 0 Å². The summed E-state index contributed by atoms with van der Waals surface area (Å²) in [5.74, 6) is 0.0537. The summed E-state index contributed by atoms with van der Waals surface area (Å²) >= 11 is 0. The smallest absolute Gasteiger partial charge is 0.326 e. The fraction of sp³-hybridized carbons (Fsp3) is 0.346. The third-order valence-electron chi connectivity index (χ3n) is 6.25. The molecule has 7 heteroatoms. The van der Waals surface area contributed by atoms with Crippen LogP contribution in [-0.2, 0) is 6.54 Å². The Balaban J connectivity index is 1.45. The van der Waals surface area contributed by atoms with Gasteiger partial charge in [0.2, 0.25) is 0 Å². The number of hydrogen-bond acceptors (Lipinski definition) is 4. The van der Waals surface area contributed by atoms with E-state index < -0.39 is 17.2 Å². The molecular formula is C26H30N4O3. The number of aromatic nitrogens is 2. The van der Waals surface area contributed by atoms with Gasteiger partial charge in [-0.2, -0.15) is 0 Å². The van der Waals surface area contributed by atoms with E-state index in [4.69, 9.17) is 0 Å². The van der Waals surface area contributed by atoms with Crippen LogP contribution in [0.2, 0.25) is 0 Å². The number of benzene rings is 2. The van der Waals surface area contributed by atoms with E-state index in [-0.39, 0.29) is 17.4 Å². The van der Waals surface area contributed by atoms with Crippen LogP contribution in [0.15, 0.2) is 58.1 Å². The molecule has 0 spiro atoms. The lowest BCUT2D eigenvalue weighted by atomic mass is 9.82. The molecule has 0 saturated heterocycles. The molecule has 1 aliphatic carbocycles. The molecule has 1 amide bonds. The Hall–Kier alpha value is -3.61. The first-order chi connectivity index (χ1) is 15.9. The first-order valence-corrected chi connectivity index (χ1v) is 11.4. The first kappa shape index (κ1) is 22.6. The zero-order valence-electron chi connectivity index (χ0n) is 19.0. The minimum atomic E-state index is -0.699. The van der Waals surface area contributed by atoms with E-state index in [2.05, 4.69) is 50.9 Å². The molecule has 0 unspecified atom stereocenters. The molecular weight excluding hydrogens is 416 g/mol. The van der Waals surface area contributed by atoms with Gasteiger partial charge in [-0.15, -0.1) is 0 Å². The fourth-order valence-electron chi connectivity index (χ4n) is 4.74. The fourth-order valence-corrected chi connectivity index (χ4v) is 4.74. The monoisotopic (exact) mass is 446 g/mol. The number of nitrogens with one attached hydrogen (secondary N) is 4. The van der Waals surface area contributed by atoms with E-state index in [0.717, 1.165) is 42.4 Å². The average molecular weight is 447 g/mol. The number of anilines is 1. The predicted molar refractivity (Wildman–Crippen MR) is 130 cm³/mol. The minimum absolute atomic E-state index is 0.00697. The molecule has 1 fully saturated rings. The molecule has 1 heterocycles. The van der Waals surface area contributed by atoms with Gasteiger partial charge in [0.1, 0.15) is 11.4 Å². The number of aromatic amines is 2. The van der Waals surface area contributed by atoms with E-state index in [0.29, 0.717) is 12.5 Å². The van der Waals surface area contributed by atoms with Gasteiger partial charge in [-0.3, -0.25) is 14.6 Å². The van der Waals surface area contributed by atoms with Crippen LogP contribution >= 0.6 is 0 Å². The maximum Gasteiger partial charge on any atom is 0.326 e. The van der Waals surface area contributed by atoms with E-state index in [1.165, 1.54) is 5.56 Å². The summed E-state index contributed by atoms with van der Waals surface area (Å²) in [7, 11) is 0. The number of H-pyrrole nitrogens is 2. The number of aryl methyl sites for hydroxylation is 2. The lowest BCUT2D eigenvalue weighted by Crippen LogP contribution is -2.40. The van der Waals surface area contributed by atoms with Gasteiger partial charge in [-0.25, -0.2) is 4.79 Å². The summed E-state index contributed by atoms with van der Waals surface area (Å²) < 4.78 is 0. The van der Waals surface area contributed by atoms with E-state index in [9.17, 15) is 14.4 Å². The van der Waals surface area contributed by atoms with Crippen LogP contribution in [0.4, 0.5) is 5.69 Å². The van der Waals surface area contributed by atoms with Crippen LogP contribution in [0.3, 0.4) is 0 Å². The predicted octanol–water partition coefficient (Wildman–Crippen LogP) is 3.75. The summed E-state index contributed by atoms with van der Waals surface area (Å²) in [5.41, 5.74) is 3.29. The van der Waals surface area contributed by atoms with Gasteiger partial charge in [0, 0.05) is 12.6 Å². The van der Waals surface area contributed by atoms with Gasteiger partial charge in [-0.1, -0.05) is 59.7 Å². The maximum absolute atomic E-state index is 13.0. The Morgan fingerprint density at radius 2 is 1.61 bits per heavy atom. The average Bonchev–Trinajstić information content (AvgIpc) is 2.78. The van der Waals surface area contributed by atoms with Crippen molar-refractivity contribution in [3.05, 3.63) is 97.3 Å². The molecule has 0 bridgehead atoms. The lowest BCUT2D eigenvalue weighted by Gasteiger charge is -2.29. The summed E-state index contributed by atoms with van der Waals surface area (Å²) in [6.07, 6.45) is 3.67. The first-order valence-electron chi connectivity index (χ1n) is 11.4. The van der Waals surface area contributed by atoms with Crippen molar-refractivity contribution >= 4 is 11.6 Å². The lowest BCUT2D eigenvalue weighted by molar-refractivity contribution is 0.0921. The highest BCUT2D eigenvalue weighted by atomic mass is 16.2. The standard InChI is InChI=1S/C26H30N4O3/c1-16-12-17(2)14-18(13-16)15-27-22-23(29-26(33)30-24(22)31)25(32)28-21-10-8-20(9-11-21)19-6-4-3-5-7-19/h3-7,12-14,20-21,27H,8-11,15H2,1-2H3,(H,28,32)(H2,29,30,31,33)/t20-,21+. The highest BCUT2D eigenvalue weighted by Crippen LogP contribution is 2.32. The SMILES string of the molecule is Cc1cc(C)cc(CNc2c(C(=O)N[C@H]3CC[C@@H](c4ccccc4)CC3)[nH]c(=O)[nH]c2=O)c1. The van der Waals surface area contributed by atoms with Gasteiger partial charge in [-0.05, 0) is 56.6 Å². The molecule has 2 aromatic carbocycles. The van der Waals surface area contributed by atoms with Gasteiger partial charge >= 0.3 is 5.69 Å². The molecule has 33 heavy (non-hydrogen) atoms. The minimum Gasteiger partial charge on any atom is -0.375 e. The summed E-state index contributed by atoms with van der Waals surface area (Å²) in [6.45, 7) is 4.38. The van der Waals surface area contributed by atoms with E-state index >= 15 is 0 Å². The van der Waals surface area contributed by atoms with Crippen molar-refractivity contribution in [2.45, 2.75) is 58.0 Å². The van der Waals surface area contributed by atoms with Crippen LogP contribution in [0.1, 0.15) is 64.3 Å². The topological polar surface area (TPSA) is 107 Å². The molecule has 4 rings (SSSR count). The molecule has 0 atom stereocenters. The van der Waals surface area contributed by atoms with Crippen molar-refractivity contribution in [3.63, 3.8) is 0 Å². The summed E-state index contributed by atoms with van der Waals surface area (Å²) in [4.78, 5) is 42.2. The van der Waals surface area contributed by atoms with Crippen molar-refractivity contribution < 1.29 is 4.79 Å². The second kappa shape index (κ2) is 9.90. The Bertz CT molecular complexity index is 1220. The van der Waals surface area contributed by atoms with Gasteiger partial charge in [0.25, 0.3) is 11.5 Å². The van der Waals surface area contributed by atoms with Crippen LogP contribution in [0, 0.1) is 13.8 Å². The number of hydrogen-bond donors (Lipinski definition) is 4. The largest absolute Gasteiger partial charge is 0.375 e. The quantitative estimate of drug-likeness (QED) is 0.463. The maximum atomic E-state index is 13.0. The number of carbonyl (C=O) groups is 1. The van der Waals surface area contributed by atoms with Crippen LogP contribution in [-0.4, -0.2) is 21.9 Å². The van der Waals surface area contributed by atoms with E-state index in [1.54, 1.807) is 0 Å². The normalized spacial score (nSPS) is 18.0. The number of carbonyl (C=O) groups excluding carboxylic acids is 1. The van der Waals surface area contributed by atoms with Crippen molar-refractivity contribution in [3.8, 4) is 0 Å². The molecule has 1 saturated carbocycles. The zero-order chi connectivity index (χ0) is 23.4. The van der Waals surface area contributed by atoms with Crippen molar-refractivity contribution in [2.24, 2.45) is 0 Å². The molecule has 7 nitrogen and oxygen atoms in total.